The highest BCUT2D eigenvalue weighted by molar-refractivity contribution is 9.10. The van der Waals surface area contributed by atoms with Gasteiger partial charge in [-0.25, -0.2) is 0 Å². The Morgan fingerprint density at radius 2 is 2.12 bits per heavy atom. The van der Waals surface area contributed by atoms with Crippen LogP contribution in [0.5, 0.6) is 0 Å². The molecule has 1 saturated heterocycles. The Bertz CT molecular complexity index is 385. The van der Waals surface area contributed by atoms with Crippen LogP contribution in [0, 0.1) is 0 Å². The van der Waals surface area contributed by atoms with E-state index >= 15 is 0 Å². The minimum atomic E-state index is -0.876. The number of hydrogen-bond donors (Lipinski definition) is 1. The van der Waals surface area contributed by atoms with E-state index in [0.717, 1.165) is 4.47 Å². The number of carbonyl (C=O) groups is 1. The summed E-state index contributed by atoms with van der Waals surface area (Å²) in [5, 5.41) is 9.40. The van der Waals surface area contributed by atoms with E-state index < -0.39 is 11.4 Å². The Morgan fingerprint density at radius 3 is 2.62 bits per heavy atom. The van der Waals surface area contributed by atoms with Crippen molar-refractivity contribution >= 4 is 21.9 Å². The molecule has 0 aromatic carbocycles. The van der Waals surface area contributed by atoms with E-state index in [9.17, 15) is 9.90 Å². The van der Waals surface area contributed by atoms with Crippen molar-refractivity contribution in [2.45, 2.75) is 18.3 Å². The maximum atomic E-state index is 11.5. The lowest BCUT2D eigenvalue weighted by molar-refractivity contribution is -0.148. The average Bonchev–Trinajstić information content (AvgIpc) is 2.30. The third kappa shape index (κ3) is 1.97. The molecule has 0 atom stereocenters. The van der Waals surface area contributed by atoms with Crippen LogP contribution < -0.4 is 0 Å². The van der Waals surface area contributed by atoms with Crippen molar-refractivity contribution in [3.8, 4) is 0 Å². The molecule has 0 aliphatic carbocycles. The fourth-order valence-electron chi connectivity index (χ4n) is 1.96. The van der Waals surface area contributed by atoms with E-state index in [-0.39, 0.29) is 0 Å². The molecule has 86 valence electrons. The van der Waals surface area contributed by atoms with Gasteiger partial charge in [0.1, 0.15) is 5.41 Å². The Morgan fingerprint density at radius 1 is 1.44 bits per heavy atom. The molecular weight excluding hydrogens is 274 g/mol. The lowest BCUT2D eigenvalue weighted by Crippen LogP contribution is -2.41. The van der Waals surface area contributed by atoms with Crippen LogP contribution in [0.4, 0.5) is 0 Å². The van der Waals surface area contributed by atoms with Crippen molar-refractivity contribution in [2.75, 3.05) is 13.2 Å². The number of ether oxygens (including phenoxy) is 1. The first-order valence-electron chi connectivity index (χ1n) is 5.08. The highest BCUT2D eigenvalue weighted by atomic mass is 79.9. The van der Waals surface area contributed by atoms with Gasteiger partial charge < -0.3 is 9.84 Å². The zero-order chi connectivity index (χ0) is 11.6. The molecule has 1 aromatic rings. The molecule has 1 aromatic heterocycles. The zero-order valence-corrected chi connectivity index (χ0v) is 10.2. The molecule has 0 bridgehead atoms. The summed E-state index contributed by atoms with van der Waals surface area (Å²) in [5.41, 5.74) is -0.259. The van der Waals surface area contributed by atoms with Crippen LogP contribution in [-0.2, 0) is 14.9 Å². The summed E-state index contributed by atoms with van der Waals surface area (Å²) in [5.74, 6) is -0.814. The van der Waals surface area contributed by atoms with Gasteiger partial charge in [0, 0.05) is 23.9 Å². The van der Waals surface area contributed by atoms with Gasteiger partial charge in [0.05, 0.1) is 5.69 Å². The SMILES string of the molecule is O=C(O)C1(c2ccc(Br)cn2)CCOCC1. The number of aliphatic carboxylic acids is 1. The Kier molecular flexibility index (Phi) is 3.25. The number of hydrogen-bond acceptors (Lipinski definition) is 3. The first kappa shape index (κ1) is 11.5. The van der Waals surface area contributed by atoms with Gasteiger partial charge in [0.15, 0.2) is 0 Å². The summed E-state index contributed by atoms with van der Waals surface area (Å²) < 4.78 is 6.07. The third-order valence-electron chi connectivity index (χ3n) is 2.97. The molecule has 1 fully saturated rings. The Balaban J connectivity index is 2.38. The number of nitrogens with zero attached hydrogens (tertiary/aromatic N) is 1. The van der Waals surface area contributed by atoms with E-state index in [0.29, 0.717) is 31.7 Å². The van der Waals surface area contributed by atoms with Crippen molar-refractivity contribution in [1.82, 2.24) is 4.98 Å². The summed E-state index contributed by atoms with van der Waals surface area (Å²) in [4.78, 5) is 15.7. The van der Waals surface area contributed by atoms with Crippen LogP contribution in [0.1, 0.15) is 18.5 Å². The number of carboxylic acids is 1. The molecule has 0 radical (unpaired) electrons. The Hall–Kier alpha value is -0.940. The van der Waals surface area contributed by atoms with Gasteiger partial charge in [-0.1, -0.05) is 0 Å². The monoisotopic (exact) mass is 285 g/mol. The predicted molar refractivity (Wildman–Crippen MR) is 61.3 cm³/mol. The summed E-state index contributed by atoms with van der Waals surface area (Å²) in [7, 11) is 0. The lowest BCUT2D eigenvalue weighted by Gasteiger charge is -2.32. The second-order valence-electron chi connectivity index (χ2n) is 3.86. The second-order valence-corrected chi connectivity index (χ2v) is 4.78. The highest BCUT2D eigenvalue weighted by Gasteiger charge is 2.43. The first-order valence-corrected chi connectivity index (χ1v) is 5.88. The molecule has 5 heteroatoms. The predicted octanol–water partition coefficient (Wildman–Crippen LogP) is 1.98. The van der Waals surface area contributed by atoms with Crippen LogP contribution in [0.15, 0.2) is 22.8 Å². The largest absolute Gasteiger partial charge is 0.481 e. The van der Waals surface area contributed by atoms with Gasteiger partial charge in [-0.3, -0.25) is 9.78 Å². The minimum Gasteiger partial charge on any atom is -0.481 e. The molecule has 0 saturated carbocycles. The topological polar surface area (TPSA) is 59.4 Å². The number of pyridine rings is 1. The fraction of sp³-hybridized carbons (Fsp3) is 0.455. The second kappa shape index (κ2) is 4.51. The van der Waals surface area contributed by atoms with Crippen LogP contribution >= 0.6 is 15.9 Å². The van der Waals surface area contributed by atoms with Gasteiger partial charge in [0.25, 0.3) is 0 Å². The smallest absolute Gasteiger partial charge is 0.315 e. The summed E-state index contributed by atoms with van der Waals surface area (Å²) in [6.07, 6.45) is 2.60. The zero-order valence-electron chi connectivity index (χ0n) is 8.65. The van der Waals surface area contributed by atoms with Crippen molar-refractivity contribution in [3.63, 3.8) is 0 Å². The maximum absolute atomic E-state index is 11.5. The molecule has 2 heterocycles. The molecule has 0 amide bonds. The van der Waals surface area contributed by atoms with Gasteiger partial charge in [0.2, 0.25) is 0 Å². The van der Waals surface area contributed by atoms with Gasteiger partial charge >= 0.3 is 5.97 Å². The number of carboxylic acid groups (broad SMARTS) is 1. The number of halogens is 1. The summed E-state index contributed by atoms with van der Waals surface area (Å²) in [6, 6.07) is 3.59. The number of aromatic nitrogens is 1. The molecule has 1 N–H and O–H groups in total. The summed E-state index contributed by atoms with van der Waals surface area (Å²) in [6.45, 7) is 0.952. The fourth-order valence-corrected chi connectivity index (χ4v) is 2.19. The van der Waals surface area contributed by atoms with Gasteiger partial charge in [-0.05, 0) is 40.9 Å². The highest BCUT2D eigenvalue weighted by Crippen LogP contribution is 2.34. The standard InChI is InChI=1S/C11H12BrNO3/c12-8-1-2-9(13-7-8)11(10(14)15)3-5-16-6-4-11/h1-2,7H,3-6H2,(H,14,15). The van der Waals surface area contributed by atoms with Gasteiger partial charge in [-0.15, -0.1) is 0 Å². The molecule has 2 rings (SSSR count). The molecule has 1 aliphatic heterocycles. The van der Waals surface area contributed by atoms with Crippen LogP contribution in [0.2, 0.25) is 0 Å². The van der Waals surface area contributed by atoms with Crippen molar-refractivity contribution in [1.29, 1.82) is 0 Å². The molecule has 0 unspecified atom stereocenters. The van der Waals surface area contributed by atoms with Crippen molar-refractivity contribution < 1.29 is 14.6 Å². The molecule has 4 nitrogen and oxygen atoms in total. The maximum Gasteiger partial charge on any atom is 0.315 e. The van der Waals surface area contributed by atoms with E-state index in [1.54, 1.807) is 12.3 Å². The summed E-state index contributed by atoms with van der Waals surface area (Å²) >= 11 is 3.29. The average molecular weight is 286 g/mol. The van der Waals surface area contributed by atoms with Crippen LogP contribution in [-0.4, -0.2) is 29.3 Å². The van der Waals surface area contributed by atoms with Crippen LogP contribution in [0.3, 0.4) is 0 Å². The number of rotatable bonds is 2. The molecule has 0 spiro atoms. The minimum absolute atomic E-state index is 0.476. The van der Waals surface area contributed by atoms with E-state index in [1.807, 2.05) is 6.07 Å². The van der Waals surface area contributed by atoms with E-state index in [2.05, 4.69) is 20.9 Å². The first-order chi connectivity index (χ1) is 7.65. The molecule has 1 aliphatic rings. The van der Waals surface area contributed by atoms with Crippen molar-refractivity contribution in [2.24, 2.45) is 0 Å². The van der Waals surface area contributed by atoms with E-state index in [4.69, 9.17) is 4.74 Å². The van der Waals surface area contributed by atoms with E-state index in [1.165, 1.54) is 0 Å². The van der Waals surface area contributed by atoms with Gasteiger partial charge in [-0.2, -0.15) is 0 Å². The van der Waals surface area contributed by atoms with Crippen LogP contribution in [0.25, 0.3) is 0 Å². The van der Waals surface area contributed by atoms with Crippen molar-refractivity contribution in [3.05, 3.63) is 28.5 Å². The third-order valence-corrected chi connectivity index (χ3v) is 3.44. The lowest BCUT2D eigenvalue weighted by atomic mass is 9.77. The normalized spacial score (nSPS) is 19.3. The Labute approximate surface area is 102 Å². The molecule has 16 heavy (non-hydrogen) atoms. The quantitative estimate of drug-likeness (QED) is 0.903. The molecular formula is C11H12BrNO3.